The molecule has 152 valence electrons. The Kier molecular flexibility index (Phi) is 8.39. The molecule has 4 saturated carbocycles. The van der Waals surface area contributed by atoms with Gasteiger partial charge in [0.25, 0.3) is 0 Å². The molecule has 0 aliphatic heterocycles. The molecule has 0 aromatic heterocycles. The zero-order chi connectivity index (χ0) is 18.4. The molecule has 0 bridgehead atoms. The summed E-state index contributed by atoms with van der Waals surface area (Å²) >= 11 is 0. The summed E-state index contributed by atoms with van der Waals surface area (Å²) in [6.45, 7) is 7.41. The van der Waals surface area contributed by atoms with Crippen molar-refractivity contribution in [2.45, 2.75) is 124 Å². The number of hydrogen-bond acceptors (Lipinski definition) is 0. The SMILES string of the molecule is CC1CCCC1C1CCCCC1.CC1CCCC2CCCC2CCC1C. The van der Waals surface area contributed by atoms with Gasteiger partial charge in [-0.25, -0.2) is 0 Å². The number of rotatable bonds is 1. The molecule has 0 radical (unpaired) electrons. The lowest BCUT2D eigenvalue weighted by Gasteiger charge is -2.30. The van der Waals surface area contributed by atoms with Crippen LogP contribution in [0.4, 0.5) is 0 Å². The van der Waals surface area contributed by atoms with E-state index in [1.807, 2.05) is 0 Å². The van der Waals surface area contributed by atoms with Gasteiger partial charge in [-0.3, -0.25) is 0 Å². The van der Waals surface area contributed by atoms with Crippen LogP contribution in [-0.2, 0) is 0 Å². The molecule has 0 heterocycles. The van der Waals surface area contributed by atoms with Crippen LogP contribution in [0.25, 0.3) is 0 Å². The lowest BCUT2D eigenvalue weighted by Crippen LogP contribution is -2.19. The van der Waals surface area contributed by atoms with E-state index in [2.05, 4.69) is 20.8 Å². The van der Waals surface area contributed by atoms with Crippen molar-refractivity contribution in [2.24, 2.45) is 41.4 Å². The largest absolute Gasteiger partial charge is 0.0623 e. The molecule has 0 nitrogen and oxygen atoms in total. The molecule has 4 aliphatic rings. The van der Waals surface area contributed by atoms with Crippen LogP contribution >= 0.6 is 0 Å². The van der Waals surface area contributed by atoms with Gasteiger partial charge in [0.1, 0.15) is 0 Å². The van der Waals surface area contributed by atoms with Crippen molar-refractivity contribution < 1.29 is 0 Å². The fourth-order valence-electron chi connectivity index (χ4n) is 7.06. The Morgan fingerprint density at radius 2 is 0.846 bits per heavy atom. The first kappa shape index (κ1) is 20.7. The Morgan fingerprint density at radius 1 is 0.346 bits per heavy atom. The van der Waals surface area contributed by atoms with Crippen LogP contribution < -0.4 is 0 Å². The minimum absolute atomic E-state index is 0.980. The predicted octanol–water partition coefficient (Wildman–Crippen LogP) is 8.64. The lowest BCUT2D eigenvalue weighted by atomic mass is 9.76. The average Bonchev–Trinajstić information content (AvgIpc) is 3.29. The molecule has 0 heteroatoms. The van der Waals surface area contributed by atoms with Crippen LogP contribution in [0.5, 0.6) is 0 Å². The third-order valence-corrected chi connectivity index (χ3v) is 9.20. The molecule has 0 aromatic carbocycles. The van der Waals surface area contributed by atoms with Crippen LogP contribution in [0.2, 0.25) is 0 Å². The second-order valence-electron chi connectivity index (χ2n) is 10.9. The van der Waals surface area contributed by atoms with E-state index in [0.717, 1.165) is 41.4 Å². The Morgan fingerprint density at radius 3 is 1.50 bits per heavy atom. The van der Waals surface area contributed by atoms with Gasteiger partial charge in [-0.05, 0) is 54.3 Å². The van der Waals surface area contributed by atoms with Gasteiger partial charge < -0.3 is 0 Å². The van der Waals surface area contributed by atoms with E-state index < -0.39 is 0 Å². The molecular formula is C26H48. The van der Waals surface area contributed by atoms with E-state index in [-0.39, 0.29) is 0 Å². The minimum atomic E-state index is 0.980. The minimum Gasteiger partial charge on any atom is -0.0623 e. The maximum absolute atomic E-state index is 2.48. The lowest BCUT2D eigenvalue weighted by molar-refractivity contribution is 0.211. The second-order valence-corrected chi connectivity index (χ2v) is 10.9. The molecule has 0 spiro atoms. The molecule has 4 aliphatic carbocycles. The maximum Gasteiger partial charge on any atom is -0.0360 e. The van der Waals surface area contributed by atoms with Crippen molar-refractivity contribution in [2.75, 3.05) is 0 Å². The van der Waals surface area contributed by atoms with Gasteiger partial charge in [0.05, 0.1) is 0 Å². The molecule has 0 amide bonds. The molecule has 4 rings (SSSR count). The first-order valence-corrected chi connectivity index (χ1v) is 12.6. The van der Waals surface area contributed by atoms with Crippen LogP contribution in [0.1, 0.15) is 124 Å². The molecule has 4 fully saturated rings. The summed E-state index contributed by atoms with van der Waals surface area (Å²) < 4.78 is 0. The molecule has 6 unspecified atom stereocenters. The van der Waals surface area contributed by atoms with Crippen LogP contribution in [0.3, 0.4) is 0 Å². The normalized spacial score (nSPS) is 42.1. The zero-order valence-corrected chi connectivity index (χ0v) is 18.4. The summed E-state index contributed by atoms with van der Waals surface area (Å²) in [7, 11) is 0. The molecule has 0 saturated heterocycles. The predicted molar refractivity (Wildman–Crippen MR) is 115 cm³/mol. The van der Waals surface area contributed by atoms with Crippen molar-refractivity contribution in [3.8, 4) is 0 Å². The quantitative estimate of drug-likeness (QED) is 0.439. The van der Waals surface area contributed by atoms with Crippen LogP contribution in [-0.4, -0.2) is 0 Å². The van der Waals surface area contributed by atoms with Crippen molar-refractivity contribution in [1.82, 2.24) is 0 Å². The summed E-state index contributed by atoms with van der Waals surface area (Å²) in [5, 5.41) is 0. The van der Waals surface area contributed by atoms with Crippen LogP contribution in [0.15, 0.2) is 0 Å². The van der Waals surface area contributed by atoms with Gasteiger partial charge in [0.15, 0.2) is 0 Å². The smallest absolute Gasteiger partial charge is 0.0360 e. The molecular weight excluding hydrogens is 312 g/mol. The van der Waals surface area contributed by atoms with E-state index in [1.165, 1.54) is 64.2 Å². The fraction of sp³-hybridized carbons (Fsp3) is 1.00. The van der Waals surface area contributed by atoms with E-state index >= 15 is 0 Å². The van der Waals surface area contributed by atoms with Gasteiger partial charge in [0, 0.05) is 0 Å². The highest BCUT2D eigenvalue weighted by molar-refractivity contribution is 4.82. The summed E-state index contributed by atoms with van der Waals surface area (Å²) in [6.07, 6.45) is 24.4. The van der Waals surface area contributed by atoms with E-state index in [1.54, 1.807) is 38.5 Å². The standard InChI is InChI=1S/C14H26.C12H22/c1-11-5-3-6-13-7-4-8-14(13)10-9-12(11)2;1-10-6-5-9-12(10)11-7-3-2-4-8-11/h11-14H,3-10H2,1-2H3;10-12H,2-9H2,1H3. The molecule has 26 heavy (non-hydrogen) atoms. The maximum atomic E-state index is 2.48. The topological polar surface area (TPSA) is 0 Å². The zero-order valence-electron chi connectivity index (χ0n) is 18.4. The third-order valence-electron chi connectivity index (χ3n) is 9.20. The highest BCUT2D eigenvalue weighted by Gasteiger charge is 2.31. The van der Waals surface area contributed by atoms with E-state index in [4.69, 9.17) is 0 Å². The Hall–Kier alpha value is 0. The van der Waals surface area contributed by atoms with Crippen molar-refractivity contribution in [1.29, 1.82) is 0 Å². The van der Waals surface area contributed by atoms with E-state index in [9.17, 15) is 0 Å². The van der Waals surface area contributed by atoms with Crippen molar-refractivity contribution >= 4 is 0 Å². The van der Waals surface area contributed by atoms with Gasteiger partial charge >= 0.3 is 0 Å². The molecule has 0 N–H and O–H groups in total. The summed E-state index contributed by atoms with van der Waals surface area (Å²) in [6, 6.07) is 0. The second kappa shape index (κ2) is 10.5. The third kappa shape index (κ3) is 5.75. The van der Waals surface area contributed by atoms with Crippen LogP contribution in [0, 0.1) is 41.4 Å². The molecule has 0 aromatic rings. The first-order valence-electron chi connectivity index (χ1n) is 12.6. The summed E-state index contributed by atoms with van der Waals surface area (Å²) in [4.78, 5) is 0. The van der Waals surface area contributed by atoms with Gasteiger partial charge in [-0.1, -0.05) is 111 Å². The fourth-order valence-corrected chi connectivity index (χ4v) is 7.06. The highest BCUT2D eigenvalue weighted by Crippen LogP contribution is 2.43. The average molecular weight is 361 g/mol. The van der Waals surface area contributed by atoms with E-state index in [0.29, 0.717) is 0 Å². The monoisotopic (exact) mass is 360 g/mol. The Labute approximate surface area is 165 Å². The number of fused-ring (bicyclic) bond motifs is 1. The van der Waals surface area contributed by atoms with Gasteiger partial charge in [0.2, 0.25) is 0 Å². The Bertz CT molecular complexity index is 379. The first-order chi connectivity index (χ1) is 12.6. The van der Waals surface area contributed by atoms with Gasteiger partial charge in [-0.15, -0.1) is 0 Å². The van der Waals surface area contributed by atoms with Crippen molar-refractivity contribution in [3.05, 3.63) is 0 Å². The van der Waals surface area contributed by atoms with Gasteiger partial charge in [-0.2, -0.15) is 0 Å². The summed E-state index contributed by atoms with van der Waals surface area (Å²) in [5.74, 6) is 7.48. The molecule has 6 atom stereocenters. The summed E-state index contributed by atoms with van der Waals surface area (Å²) in [5.41, 5.74) is 0. The van der Waals surface area contributed by atoms with Crippen molar-refractivity contribution in [3.63, 3.8) is 0 Å². The Balaban J connectivity index is 0.000000152. The highest BCUT2D eigenvalue weighted by atomic mass is 14.4. The number of hydrogen-bond donors (Lipinski definition) is 0.